The Labute approximate surface area is 142 Å². The minimum atomic E-state index is -0.732. The summed E-state index contributed by atoms with van der Waals surface area (Å²) in [5.74, 6) is 0.113. The molecule has 4 N–H and O–H groups in total. The molecule has 6 heteroatoms. The Kier molecular flexibility index (Phi) is 5.25. The lowest BCUT2D eigenvalue weighted by molar-refractivity contribution is 0.0654. The predicted molar refractivity (Wildman–Crippen MR) is 93.8 cm³/mol. The van der Waals surface area contributed by atoms with Gasteiger partial charge in [-0.1, -0.05) is 43.2 Å². The molecule has 2 aliphatic rings. The van der Waals surface area contributed by atoms with Gasteiger partial charge >= 0.3 is 6.09 Å². The smallest absolute Gasteiger partial charge is 0.404 e. The highest BCUT2D eigenvalue weighted by Gasteiger charge is 2.38. The number of fused-ring (bicyclic) bond motifs is 1. The molecular formula is C18H24N4O2. The van der Waals surface area contributed by atoms with E-state index in [-0.39, 0.29) is 24.0 Å². The number of carbonyl (C=O) groups excluding carboxylic acids is 1. The molecule has 1 aliphatic heterocycles. The van der Waals surface area contributed by atoms with Gasteiger partial charge in [-0.3, -0.25) is 0 Å². The lowest BCUT2D eigenvalue weighted by Crippen LogP contribution is -2.43. The molecule has 1 aromatic carbocycles. The van der Waals surface area contributed by atoms with Gasteiger partial charge in [0.2, 0.25) is 0 Å². The van der Waals surface area contributed by atoms with Crippen molar-refractivity contribution in [2.24, 2.45) is 33.5 Å². The van der Waals surface area contributed by atoms with E-state index in [0.29, 0.717) is 0 Å². The second-order valence-corrected chi connectivity index (χ2v) is 6.47. The van der Waals surface area contributed by atoms with Gasteiger partial charge in [0.05, 0.1) is 11.8 Å². The summed E-state index contributed by atoms with van der Waals surface area (Å²) in [4.78, 5) is 11.3. The topological polar surface area (TPSA) is 103 Å². The van der Waals surface area contributed by atoms with Gasteiger partial charge < -0.3 is 16.2 Å². The van der Waals surface area contributed by atoms with Crippen molar-refractivity contribution in [1.29, 1.82) is 0 Å². The van der Waals surface area contributed by atoms with E-state index < -0.39 is 6.09 Å². The molecule has 0 radical (unpaired) electrons. The van der Waals surface area contributed by atoms with Crippen LogP contribution in [0.1, 0.15) is 43.7 Å². The average Bonchev–Trinajstić information content (AvgIpc) is 2.58. The molecule has 4 unspecified atom stereocenters. The second-order valence-electron chi connectivity index (χ2n) is 6.47. The maximum absolute atomic E-state index is 11.3. The number of nitrogens with two attached hydrogens (primary N) is 2. The van der Waals surface area contributed by atoms with Crippen LogP contribution in [0.3, 0.4) is 0 Å². The number of nitrogens with zero attached hydrogens (tertiary/aromatic N) is 2. The number of ether oxygens (including phenoxy) is 1. The van der Waals surface area contributed by atoms with E-state index in [4.69, 9.17) is 16.2 Å². The molecule has 1 amide bonds. The van der Waals surface area contributed by atoms with Crippen molar-refractivity contribution in [2.75, 3.05) is 0 Å². The van der Waals surface area contributed by atoms with Crippen LogP contribution in [0.2, 0.25) is 0 Å². The van der Waals surface area contributed by atoms with Crippen LogP contribution in [0, 0.1) is 11.8 Å². The third kappa shape index (κ3) is 3.64. The van der Waals surface area contributed by atoms with E-state index in [1.165, 1.54) is 0 Å². The van der Waals surface area contributed by atoms with Crippen LogP contribution >= 0.6 is 0 Å². The Balaban J connectivity index is 1.87. The predicted octanol–water partition coefficient (Wildman–Crippen LogP) is 2.79. The number of benzene rings is 1. The van der Waals surface area contributed by atoms with Crippen molar-refractivity contribution in [1.82, 2.24) is 0 Å². The Morgan fingerprint density at radius 1 is 1.17 bits per heavy atom. The first kappa shape index (κ1) is 16.6. The van der Waals surface area contributed by atoms with Crippen LogP contribution in [0.25, 0.3) is 0 Å². The molecule has 1 saturated carbocycles. The highest BCUT2D eigenvalue weighted by molar-refractivity contribution is 5.96. The highest BCUT2D eigenvalue weighted by atomic mass is 16.6. The summed E-state index contributed by atoms with van der Waals surface area (Å²) < 4.78 is 5.38. The van der Waals surface area contributed by atoms with Crippen LogP contribution in [0.4, 0.5) is 4.79 Å². The molecular weight excluding hydrogens is 304 g/mol. The fraction of sp³-hybridized carbons (Fsp3) is 0.500. The largest absolute Gasteiger partial charge is 0.446 e. The zero-order chi connectivity index (χ0) is 16.9. The molecule has 6 nitrogen and oxygen atoms in total. The summed E-state index contributed by atoms with van der Waals surface area (Å²) in [7, 11) is 0. The zero-order valence-electron chi connectivity index (χ0n) is 13.7. The number of hydrogen-bond donors (Lipinski definition) is 2. The van der Waals surface area contributed by atoms with Gasteiger partial charge in [0.25, 0.3) is 0 Å². The summed E-state index contributed by atoms with van der Waals surface area (Å²) in [6.07, 6.45) is 5.80. The van der Waals surface area contributed by atoms with Crippen molar-refractivity contribution in [3.05, 3.63) is 35.9 Å². The van der Waals surface area contributed by atoms with Crippen molar-refractivity contribution < 1.29 is 9.53 Å². The van der Waals surface area contributed by atoms with E-state index in [2.05, 4.69) is 10.2 Å². The van der Waals surface area contributed by atoms with Crippen molar-refractivity contribution in [2.45, 2.75) is 44.2 Å². The van der Waals surface area contributed by atoms with Gasteiger partial charge in [-0.05, 0) is 24.8 Å². The molecule has 128 valence electrons. The molecule has 0 saturated heterocycles. The maximum atomic E-state index is 11.3. The van der Waals surface area contributed by atoms with Crippen LogP contribution in [0.15, 0.2) is 40.5 Å². The molecule has 0 spiro atoms. The van der Waals surface area contributed by atoms with Crippen molar-refractivity contribution in [3.8, 4) is 0 Å². The molecule has 3 rings (SSSR count). The monoisotopic (exact) mass is 328 g/mol. The summed E-state index contributed by atoms with van der Waals surface area (Å²) >= 11 is 0. The number of rotatable bonds is 3. The third-order valence-corrected chi connectivity index (χ3v) is 4.93. The number of primary amides is 1. The van der Waals surface area contributed by atoms with Crippen LogP contribution in [-0.4, -0.2) is 24.1 Å². The standard InChI is InChI=1S/C18H24N4O2/c19-16(12-7-3-1-4-8-12)17-13-9-5-2-6-10-15(24-18(20)23)14(13)11-21-22-17/h1,3-4,7-8,11,13-16H,2,5-6,9-10,19H2,(H2,20,23). The normalized spacial score (nSPS) is 28.0. The fourth-order valence-electron chi connectivity index (χ4n) is 3.74. The number of hydrogen-bond acceptors (Lipinski definition) is 5. The molecule has 24 heavy (non-hydrogen) atoms. The van der Waals surface area contributed by atoms with Gasteiger partial charge in [0.15, 0.2) is 0 Å². The Bertz CT molecular complexity index is 629. The first-order chi connectivity index (χ1) is 11.7. The van der Waals surface area contributed by atoms with Crippen molar-refractivity contribution >= 4 is 18.0 Å². The van der Waals surface area contributed by atoms with Gasteiger partial charge in [0, 0.05) is 18.1 Å². The van der Waals surface area contributed by atoms with E-state index in [0.717, 1.165) is 43.4 Å². The second kappa shape index (κ2) is 7.57. The number of amides is 1. The SMILES string of the molecule is NC(=O)OC1CCCCCC2C(C(N)c3ccccc3)=NN=CC12. The van der Waals surface area contributed by atoms with Gasteiger partial charge in [-0.25, -0.2) is 4.79 Å². The highest BCUT2D eigenvalue weighted by Crippen LogP contribution is 2.35. The lowest BCUT2D eigenvalue weighted by Gasteiger charge is -2.36. The molecule has 1 fully saturated rings. The molecule has 1 aliphatic carbocycles. The molecule has 0 bridgehead atoms. The fourth-order valence-corrected chi connectivity index (χ4v) is 3.74. The molecule has 0 aromatic heterocycles. The lowest BCUT2D eigenvalue weighted by atomic mass is 9.75. The Morgan fingerprint density at radius 2 is 1.92 bits per heavy atom. The molecule has 4 atom stereocenters. The van der Waals surface area contributed by atoms with Crippen molar-refractivity contribution in [3.63, 3.8) is 0 Å². The molecule has 1 heterocycles. The van der Waals surface area contributed by atoms with Gasteiger partial charge in [-0.15, -0.1) is 0 Å². The summed E-state index contributed by atoms with van der Waals surface area (Å²) in [5, 5.41) is 8.54. The number of carbonyl (C=O) groups is 1. The van der Waals surface area contributed by atoms with Crippen LogP contribution < -0.4 is 11.5 Å². The zero-order valence-corrected chi connectivity index (χ0v) is 13.7. The van der Waals surface area contributed by atoms with Crippen LogP contribution in [0.5, 0.6) is 0 Å². The summed E-state index contributed by atoms with van der Waals surface area (Å²) in [5.41, 5.74) is 13.6. The third-order valence-electron chi connectivity index (χ3n) is 4.93. The Morgan fingerprint density at radius 3 is 2.67 bits per heavy atom. The van der Waals surface area contributed by atoms with Crippen LogP contribution in [-0.2, 0) is 4.74 Å². The summed E-state index contributed by atoms with van der Waals surface area (Å²) in [6.45, 7) is 0. The average molecular weight is 328 g/mol. The summed E-state index contributed by atoms with van der Waals surface area (Å²) in [6, 6.07) is 9.60. The van der Waals surface area contributed by atoms with E-state index >= 15 is 0 Å². The molecule has 1 aromatic rings. The first-order valence-electron chi connectivity index (χ1n) is 8.54. The minimum Gasteiger partial charge on any atom is -0.446 e. The van der Waals surface area contributed by atoms with Gasteiger partial charge in [-0.2, -0.15) is 10.2 Å². The Hall–Kier alpha value is -2.21. The van der Waals surface area contributed by atoms with Gasteiger partial charge in [0.1, 0.15) is 6.10 Å². The van der Waals surface area contributed by atoms with E-state index in [9.17, 15) is 4.79 Å². The first-order valence-corrected chi connectivity index (χ1v) is 8.54. The quantitative estimate of drug-likeness (QED) is 0.891. The maximum Gasteiger partial charge on any atom is 0.404 e. The minimum absolute atomic E-state index is 0.0138. The van der Waals surface area contributed by atoms with E-state index in [1.54, 1.807) is 6.21 Å². The van der Waals surface area contributed by atoms with E-state index in [1.807, 2.05) is 30.3 Å².